The maximum atomic E-state index is 14.1. The normalized spacial score (nSPS) is 15.8. The summed E-state index contributed by atoms with van der Waals surface area (Å²) in [7, 11) is 0. The van der Waals surface area contributed by atoms with Gasteiger partial charge >= 0.3 is 0 Å². The van der Waals surface area contributed by atoms with Gasteiger partial charge in [0.15, 0.2) is 11.5 Å². The van der Waals surface area contributed by atoms with Crippen molar-refractivity contribution in [3.05, 3.63) is 131 Å². The number of carbonyl (C=O) groups excluding carboxylic acids is 4. The first kappa shape index (κ1) is 48.7. The highest BCUT2D eigenvalue weighted by atomic mass is 32.1. The van der Waals surface area contributed by atoms with E-state index in [1.165, 1.54) is 0 Å². The Hall–Kier alpha value is -7.30. The zero-order chi connectivity index (χ0) is 49.9. The zero-order valence-corrected chi connectivity index (χ0v) is 41.5. The van der Waals surface area contributed by atoms with Crippen LogP contribution in [0.2, 0.25) is 0 Å². The summed E-state index contributed by atoms with van der Waals surface area (Å²) in [6.45, 7) is 8.73. The summed E-state index contributed by atoms with van der Waals surface area (Å²) in [6, 6.07) is 30.5. The van der Waals surface area contributed by atoms with Crippen molar-refractivity contribution >= 4 is 51.9 Å². The molecule has 4 aromatic heterocycles. The van der Waals surface area contributed by atoms with Gasteiger partial charge in [-0.05, 0) is 116 Å². The van der Waals surface area contributed by atoms with Crippen molar-refractivity contribution in [2.45, 2.75) is 103 Å². The number of hydrogen-bond acceptors (Lipinski definition) is 11. The van der Waals surface area contributed by atoms with Gasteiger partial charge in [0.1, 0.15) is 23.4 Å². The van der Waals surface area contributed by atoms with Crippen LogP contribution in [0.5, 0.6) is 0 Å². The summed E-state index contributed by atoms with van der Waals surface area (Å²) >= 11 is 1.59. The molecule has 1 aliphatic heterocycles. The van der Waals surface area contributed by atoms with Gasteiger partial charge in [0, 0.05) is 55.5 Å². The van der Waals surface area contributed by atoms with Crippen LogP contribution in [0.4, 0.5) is 5.82 Å². The molecular weight excluding hydrogens is 911 g/mol. The summed E-state index contributed by atoms with van der Waals surface area (Å²) < 4.78 is 2.01. The maximum absolute atomic E-state index is 14.1. The number of aryl methyl sites for hydroxylation is 1. The SMILES string of the molecule is Cc1ncsc1-c1ccc(CNC(=O)[C@@H]2CCCN2C(=O)C(NC(=O)CCC(=O)NCCc2cccc(-c3ccc4nc(-c5cccnc5N)n(-c5ccc(C6(N)CCC6)cc5)c4n3)c2)C(C)(C)C)cc1. The Morgan fingerprint density at radius 1 is 0.845 bits per heavy atom. The molecule has 0 bridgehead atoms. The Morgan fingerprint density at radius 3 is 2.32 bits per heavy atom. The molecule has 1 unspecified atom stereocenters. The number of hydrogen-bond donors (Lipinski definition) is 5. The van der Waals surface area contributed by atoms with Crippen LogP contribution in [-0.2, 0) is 37.7 Å². The van der Waals surface area contributed by atoms with E-state index < -0.39 is 23.4 Å². The smallest absolute Gasteiger partial charge is 0.246 e. The molecule has 0 spiro atoms. The van der Waals surface area contributed by atoms with Crippen LogP contribution < -0.4 is 27.4 Å². The zero-order valence-electron chi connectivity index (χ0n) is 40.7. The summed E-state index contributed by atoms with van der Waals surface area (Å²) in [4.78, 5) is 75.5. The number of fused-ring (bicyclic) bond motifs is 1. The fraction of sp³-hybridized carbons (Fsp3) is 0.345. The molecule has 5 heterocycles. The molecular formula is C55H61N11O4S. The molecule has 0 radical (unpaired) electrons. The van der Waals surface area contributed by atoms with E-state index in [1.807, 2.05) is 105 Å². The van der Waals surface area contributed by atoms with Crippen molar-refractivity contribution in [2.24, 2.45) is 11.1 Å². The summed E-state index contributed by atoms with van der Waals surface area (Å²) in [5, 5.41) is 8.88. The highest BCUT2D eigenvalue weighted by molar-refractivity contribution is 7.13. The van der Waals surface area contributed by atoms with Crippen LogP contribution >= 0.6 is 11.3 Å². The second kappa shape index (κ2) is 20.6. The minimum Gasteiger partial charge on any atom is -0.383 e. The number of nitrogen functional groups attached to an aromatic ring is 1. The van der Waals surface area contributed by atoms with Gasteiger partial charge in [-0.25, -0.2) is 19.9 Å². The summed E-state index contributed by atoms with van der Waals surface area (Å²) in [6.07, 6.45) is 6.34. The second-order valence-electron chi connectivity index (χ2n) is 19.8. The molecule has 9 rings (SSSR count). The van der Waals surface area contributed by atoms with Crippen molar-refractivity contribution < 1.29 is 19.2 Å². The summed E-state index contributed by atoms with van der Waals surface area (Å²) in [5.41, 5.74) is 23.7. The van der Waals surface area contributed by atoms with E-state index in [1.54, 1.807) is 22.4 Å². The van der Waals surface area contributed by atoms with Crippen LogP contribution in [0.3, 0.4) is 0 Å². The largest absolute Gasteiger partial charge is 0.383 e. The fourth-order valence-electron chi connectivity index (χ4n) is 9.50. The van der Waals surface area contributed by atoms with Crippen LogP contribution in [-0.4, -0.2) is 78.2 Å². The van der Waals surface area contributed by atoms with Crippen molar-refractivity contribution in [1.29, 1.82) is 0 Å². The van der Waals surface area contributed by atoms with Crippen molar-refractivity contribution in [2.75, 3.05) is 18.8 Å². The lowest BCUT2D eigenvalue weighted by molar-refractivity contribution is -0.144. The molecule has 7 N–H and O–H groups in total. The number of nitrogens with one attached hydrogen (secondary N) is 3. The second-order valence-corrected chi connectivity index (χ2v) is 20.7. The highest BCUT2D eigenvalue weighted by Crippen LogP contribution is 2.40. The summed E-state index contributed by atoms with van der Waals surface area (Å²) in [5.74, 6) is -0.210. The number of rotatable bonds is 16. The van der Waals surface area contributed by atoms with E-state index in [-0.39, 0.29) is 36.1 Å². The minimum absolute atomic E-state index is 0.0450. The number of anilines is 1. The lowest BCUT2D eigenvalue weighted by atomic mass is 9.73. The van der Waals surface area contributed by atoms with E-state index in [2.05, 4.69) is 56.3 Å². The third-order valence-corrected chi connectivity index (χ3v) is 14.7. The lowest BCUT2D eigenvalue weighted by Gasteiger charge is -2.38. The topological polar surface area (TPSA) is 216 Å². The predicted molar refractivity (Wildman–Crippen MR) is 278 cm³/mol. The van der Waals surface area contributed by atoms with Crippen LogP contribution in [0.1, 0.15) is 88.1 Å². The first-order valence-corrected chi connectivity index (χ1v) is 25.3. The standard InChI is InChI=1S/C55H61N11O4S/c1-34-47(71-33-61-34)37-15-13-36(14-16-37)32-60-52(69)44-12-7-30-65(44)53(70)48(54(2,3)4)64-46(68)24-23-45(67)58-29-25-35-9-5-10-38(31-35)42-21-22-43-51(62-42)66(50(63-43)41-11-6-28-59-49(41)56)40-19-17-39(18-20-40)55(57)26-8-27-55/h5-6,9-11,13-22,28,31,33,44,48H,7-8,12,23-27,29-30,32,57H2,1-4H3,(H2,56,59)(H,58,67)(H,60,69)(H,64,68)/t44-,48?/m0/s1. The van der Waals surface area contributed by atoms with Gasteiger partial charge in [0.2, 0.25) is 23.6 Å². The third-order valence-electron chi connectivity index (χ3n) is 13.8. The number of benzene rings is 3. The van der Waals surface area contributed by atoms with E-state index in [4.69, 9.17) is 21.4 Å². The van der Waals surface area contributed by atoms with Gasteiger partial charge in [0.25, 0.3) is 0 Å². The van der Waals surface area contributed by atoms with Crippen LogP contribution in [0.25, 0.3) is 49.9 Å². The molecule has 71 heavy (non-hydrogen) atoms. The molecule has 15 nitrogen and oxygen atoms in total. The van der Waals surface area contributed by atoms with Crippen molar-refractivity contribution in [3.63, 3.8) is 0 Å². The molecule has 366 valence electrons. The predicted octanol–water partition coefficient (Wildman–Crippen LogP) is 7.78. The molecule has 2 fully saturated rings. The van der Waals surface area contributed by atoms with Gasteiger partial charge in [-0.1, -0.05) is 75.4 Å². The Morgan fingerprint density at radius 2 is 1.62 bits per heavy atom. The number of likely N-dealkylation sites (tertiary alicyclic amines) is 1. The molecule has 1 saturated carbocycles. The number of aromatic nitrogens is 5. The number of nitrogens with two attached hydrogens (primary N) is 2. The molecule has 2 atom stereocenters. The van der Waals surface area contributed by atoms with E-state index >= 15 is 0 Å². The Bertz CT molecular complexity index is 3080. The molecule has 7 aromatic rings. The monoisotopic (exact) mass is 971 g/mol. The molecule has 4 amide bonds. The van der Waals surface area contributed by atoms with Gasteiger partial charge in [0.05, 0.1) is 27.3 Å². The van der Waals surface area contributed by atoms with Crippen molar-refractivity contribution in [1.82, 2.24) is 45.4 Å². The molecule has 1 saturated heterocycles. The van der Waals surface area contributed by atoms with E-state index in [0.29, 0.717) is 67.3 Å². The van der Waals surface area contributed by atoms with Crippen molar-refractivity contribution in [3.8, 4) is 38.8 Å². The number of amides is 4. The van der Waals surface area contributed by atoms with Gasteiger partial charge in [-0.15, -0.1) is 11.3 Å². The van der Waals surface area contributed by atoms with Crippen LogP contribution in [0.15, 0.2) is 109 Å². The molecule has 2 aliphatic rings. The van der Waals surface area contributed by atoms with Gasteiger partial charge < -0.3 is 32.3 Å². The van der Waals surface area contributed by atoms with E-state index in [0.717, 1.165) is 69.0 Å². The third kappa shape index (κ3) is 10.7. The van der Waals surface area contributed by atoms with E-state index in [9.17, 15) is 19.2 Å². The molecule has 16 heteroatoms. The maximum Gasteiger partial charge on any atom is 0.246 e. The Balaban J connectivity index is 0.790. The quantitative estimate of drug-likeness (QED) is 0.0634. The van der Waals surface area contributed by atoms with Gasteiger partial charge in [-0.3, -0.25) is 23.7 Å². The first-order chi connectivity index (χ1) is 34.1. The average molecular weight is 972 g/mol. The number of carbonyl (C=O) groups is 4. The fourth-order valence-corrected chi connectivity index (χ4v) is 10.3. The number of thiazole rings is 1. The lowest BCUT2D eigenvalue weighted by Crippen LogP contribution is -2.57. The minimum atomic E-state index is -0.887. The molecule has 3 aromatic carbocycles. The first-order valence-electron chi connectivity index (χ1n) is 24.4. The van der Waals surface area contributed by atoms with Crippen LogP contribution in [0, 0.1) is 12.3 Å². The number of nitrogens with zero attached hydrogens (tertiary/aromatic N) is 6. The average Bonchev–Trinajstić information content (AvgIpc) is 4.12. The Kier molecular flexibility index (Phi) is 14.1. The Labute approximate surface area is 417 Å². The number of pyridine rings is 2. The molecule has 1 aliphatic carbocycles. The highest BCUT2D eigenvalue weighted by Gasteiger charge is 2.42. The number of imidazole rings is 1. The van der Waals surface area contributed by atoms with Gasteiger partial charge in [-0.2, -0.15) is 0 Å².